The molecule has 1 atom stereocenters. The molecule has 19 heavy (non-hydrogen) atoms. The Labute approximate surface area is 115 Å². The summed E-state index contributed by atoms with van der Waals surface area (Å²) in [7, 11) is 1.95. The maximum absolute atomic E-state index is 9.88. The monoisotopic (exact) mass is 267 g/mol. The van der Waals surface area contributed by atoms with Crippen LogP contribution >= 0.6 is 0 Å². The number of likely N-dealkylation sites (N-methyl/N-ethyl adjacent to an activating group) is 1. The Kier molecular flexibility index (Phi) is 6.67. The minimum atomic E-state index is -0.487. The number of hydrogen-bond donors (Lipinski definition) is 1. The third-order valence-electron chi connectivity index (χ3n) is 2.70. The van der Waals surface area contributed by atoms with Crippen LogP contribution in [0.3, 0.4) is 0 Å². The van der Waals surface area contributed by atoms with Crippen molar-refractivity contribution >= 4 is 5.69 Å². The van der Waals surface area contributed by atoms with Gasteiger partial charge in [-0.1, -0.05) is 0 Å². The van der Waals surface area contributed by atoms with Crippen LogP contribution in [0.15, 0.2) is 24.3 Å². The summed E-state index contributed by atoms with van der Waals surface area (Å²) in [4.78, 5) is 2.00. The molecule has 0 fully saturated rings. The molecule has 0 aliphatic heterocycles. The van der Waals surface area contributed by atoms with Gasteiger partial charge < -0.3 is 19.5 Å². The molecule has 0 saturated heterocycles. The molecule has 1 aromatic carbocycles. The van der Waals surface area contributed by atoms with E-state index in [1.807, 2.05) is 57.0 Å². The number of anilines is 1. The lowest BCUT2D eigenvalue weighted by atomic mass is 10.2. The lowest BCUT2D eigenvalue weighted by Crippen LogP contribution is -2.32. The van der Waals surface area contributed by atoms with Crippen LogP contribution < -0.4 is 9.64 Å². The molecule has 0 amide bonds. The fourth-order valence-corrected chi connectivity index (χ4v) is 1.74. The molecule has 0 aromatic heterocycles. The van der Waals surface area contributed by atoms with E-state index in [4.69, 9.17) is 9.47 Å². The molecule has 0 aliphatic carbocycles. The van der Waals surface area contributed by atoms with Crippen molar-refractivity contribution in [2.75, 3.05) is 31.7 Å². The molecule has 4 nitrogen and oxygen atoms in total. The summed E-state index contributed by atoms with van der Waals surface area (Å²) in [6.07, 6.45) is -0.343. The largest absolute Gasteiger partial charge is 0.494 e. The molecule has 0 bridgehead atoms. The average molecular weight is 267 g/mol. The molecule has 4 heteroatoms. The highest BCUT2D eigenvalue weighted by atomic mass is 16.5. The number of ether oxygens (including phenoxy) is 2. The molecule has 0 heterocycles. The highest BCUT2D eigenvalue weighted by Crippen LogP contribution is 2.18. The minimum Gasteiger partial charge on any atom is -0.494 e. The van der Waals surface area contributed by atoms with Gasteiger partial charge in [0.2, 0.25) is 0 Å². The summed E-state index contributed by atoms with van der Waals surface area (Å²) in [6.45, 7) is 7.46. The second-order valence-corrected chi connectivity index (χ2v) is 4.84. The molecular weight excluding hydrogens is 242 g/mol. The van der Waals surface area contributed by atoms with E-state index in [1.54, 1.807) is 0 Å². The predicted octanol–water partition coefficient (Wildman–Crippen LogP) is 2.31. The molecular formula is C15H25NO3. The summed E-state index contributed by atoms with van der Waals surface area (Å²) in [5, 5.41) is 9.88. The summed E-state index contributed by atoms with van der Waals surface area (Å²) in [5.41, 5.74) is 1.05. The van der Waals surface area contributed by atoms with Gasteiger partial charge in [0, 0.05) is 19.3 Å². The topological polar surface area (TPSA) is 41.9 Å². The number of nitrogens with zero attached hydrogens (tertiary/aromatic N) is 1. The molecule has 0 radical (unpaired) electrons. The van der Waals surface area contributed by atoms with E-state index < -0.39 is 6.10 Å². The predicted molar refractivity (Wildman–Crippen MR) is 78.0 cm³/mol. The Morgan fingerprint density at radius 3 is 2.37 bits per heavy atom. The van der Waals surface area contributed by atoms with Gasteiger partial charge in [0.15, 0.2) is 0 Å². The van der Waals surface area contributed by atoms with Gasteiger partial charge in [0.25, 0.3) is 0 Å². The van der Waals surface area contributed by atoms with Crippen LogP contribution in [0.25, 0.3) is 0 Å². The van der Waals surface area contributed by atoms with E-state index in [-0.39, 0.29) is 6.10 Å². The zero-order valence-corrected chi connectivity index (χ0v) is 12.3. The van der Waals surface area contributed by atoms with Crippen molar-refractivity contribution in [3.05, 3.63) is 24.3 Å². The van der Waals surface area contributed by atoms with E-state index in [0.29, 0.717) is 19.8 Å². The van der Waals surface area contributed by atoms with Crippen molar-refractivity contribution in [3.63, 3.8) is 0 Å². The van der Waals surface area contributed by atoms with Gasteiger partial charge in [-0.25, -0.2) is 0 Å². The molecule has 1 N–H and O–H groups in total. The summed E-state index contributed by atoms with van der Waals surface area (Å²) in [5.74, 6) is 0.864. The van der Waals surface area contributed by atoms with Crippen molar-refractivity contribution in [1.29, 1.82) is 0 Å². The zero-order chi connectivity index (χ0) is 14.3. The molecule has 108 valence electrons. The van der Waals surface area contributed by atoms with Crippen LogP contribution in [0, 0.1) is 0 Å². The molecule has 1 rings (SSSR count). The Balaban J connectivity index is 2.45. The van der Waals surface area contributed by atoms with Crippen molar-refractivity contribution in [2.24, 2.45) is 0 Å². The summed E-state index contributed by atoms with van der Waals surface area (Å²) in [6, 6.07) is 7.85. The quantitative estimate of drug-likeness (QED) is 0.785. The van der Waals surface area contributed by atoms with E-state index in [1.165, 1.54) is 0 Å². The minimum absolute atomic E-state index is 0.144. The number of aliphatic hydroxyl groups is 1. The summed E-state index contributed by atoms with van der Waals surface area (Å²) < 4.78 is 10.8. The van der Waals surface area contributed by atoms with Gasteiger partial charge in [0.05, 0.1) is 25.4 Å². The normalized spacial score (nSPS) is 12.5. The van der Waals surface area contributed by atoms with Gasteiger partial charge in [0.1, 0.15) is 5.75 Å². The van der Waals surface area contributed by atoms with Crippen LogP contribution in [-0.2, 0) is 4.74 Å². The third-order valence-corrected chi connectivity index (χ3v) is 2.70. The first-order chi connectivity index (χ1) is 9.02. The smallest absolute Gasteiger partial charge is 0.119 e. The second-order valence-electron chi connectivity index (χ2n) is 4.84. The number of rotatable bonds is 8. The van der Waals surface area contributed by atoms with Crippen molar-refractivity contribution < 1.29 is 14.6 Å². The van der Waals surface area contributed by atoms with Crippen LogP contribution in [0.2, 0.25) is 0 Å². The SMILES string of the molecule is CCOc1ccc(N(C)CC(O)COC(C)C)cc1. The molecule has 1 unspecified atom stereocenters. The molecule has 1 aromatic rings. The van der Waals surface area contributed by atoms with Crippen molar-refractivity contribution in [3.8, 4) is 5.75 Å². The number of hydrogen-bond acceptors (Lipinski definition) is 4. The number of aliphatic hydroxyl groups excluding tert-OH is 1. The first kappa shape index (κ1) is 15.8. The van der Waals surface area contributed by atoms with Crippen LogP contribution in [0.1, 0.15) is 20.8 Å². The highest BCUT2D eigenvalue weighted by Gasteiger charge is 2.10. The van der Waals surface area contributed by atoms with Gasteiger partial charge in [-0.3, -0.25) is 0 Å². The van der Waals surface area contributed by atoms with Crippen LogP contribution in [0.5, 0.6) is 5.75 Å². The van der Waals surface area contributed by atoms with E-state index >= 15 is 0 Å². The Hall–Kier alpha value is -1.26. The average Bonchev–Trinajstić information content (AvgIpc) is 2.37. The fourth-order valence-electron chi connectivity index (χ4n) is 1.74. The Morgan fingerprint density at radius 1 is 1.21 bits per heavy atom. The zero-order valence-electron chi connectivity index (χ0n) is 12.3. The van der Waals surface area contributed by atoms with Gasteiger partial charge in [-0.05, 0) is 45.0 Å². The maximum atomic E-state index is 9.88. The maximum Gasteiger partial charge on any atom is 0.119 e. The highest BCUT2D eigenvalue weighted by molar-refractivity contribution is 5.48. The molecule has 0 spiro atoms. The fraction of sp³-hybridized carbons (Fsp3) is 0.600. The third kappa shape index (κ3) is 5.94. The van der Waals surface area contributed by atoms with E-state index in [9.17, 15) is 5.11 Å². The van der Waals surface area contributed by atoms with Gasteiger partial charge >= 0.3 is 0 Å². The van der Waals surface area contributed by atoms with Gasteiger partial charge in [-0.15, -0.1) is 0 Å². The first-order valence-electron chi connectivity index (χ1n) is 6.76. The van der Waals surface area contributed by atoms with E-state index in [0.717, 1.165) is 11.4 Å². The Bertz CT molecular complexity index is 351. The molecule has 0 saturated carbocycles. The van der Waals surface area contributed by atoms with Crippen molar-refractivity contribution in [2.45, 2.75) is 33.0 Å². The van der Waals surface area contributed by atoms with Crippen LogP contribution in [0.4, 0.5) is 5.69 Å². The lowest BCUT2D eigenvalue weighted by molar-refractivity contribution is 0.00927. The van der Waals surface area contributed by atoms with Crippen molar-refractivity contribution in [1.82, 2.24) is 0 Å². The first-order valence-corrected chi connectivity index (χ1v) is 6.76. The molecule has 0 aliphatic rings. The second kappa shape index (κ2) is 8.02. The van der Waals surface area contributed by atoms with Crippen LogP contribution in [-0.4, -0.2) is 44.1 Å². The summed E-state index contributed by atoms with van der Waals surface area (Å²) >= 11 is 0. The standard InChI is InChI=1S/C15H25NO3/c1-5-18-15-8-6-13(7-9-15)16(4)10-14(17)11-19-12(2)3/h6-9,12,14,17H,5,10-11H2,1-4H3. The van der Waals surface area contributed by atoms with Gasteiger partial charge in [-0.2, -0.15) is 0 Å². The van der Waals surface area contributed by atoms with E-state index in [2.05, 4.69) is 0 Å². The lowest BCUT2D eigenvalue weighted by Gasteiger charge is -2.23. The number of benzene rings is 1. The Morgan fingerprint density at radius 2 is 1.84 bits per heavy atom.